The summed E-state index contributed by atoms with van der Waals surface area (Å²) in [6, 6.07) is 6.14. The predicted octanol–water partition coefficient (Wildman–Crippen LogP) is 3.15. The molecule has 0 aliphatic carbocycles. The quantitative estimate of drug-likeness (QED) is 0.710. The molecule has 4 heteroatoms. The van der Waals surface area contributed by atoms with Gasteiger partial charge in [-0.15, -0.1) is 0 Å². The number of halogens is 1. The van der Waals surface area contributed by atoms with Crippen LogP contribution in [0.1, 0.15) is 18.4 Å². The zero-order valence-corrected chi connectivity index (χ0v) is 12.8. The van der Waals surface area contributed by atoms with Crippen molar-refractivity contribution in [2.45, 2.75) is 19.8 Å². The molecule has 0 heterocycles. The molecule has 0 unspecified atom stereocenters. The van der Waals surface area contributed by atoms with Gasteiger partial charge >= 0.3 is 0 Å². The summed E-state index contributed by atoms with van der Waals surface area (Å²) in [4.78, 5) is 0. The van der Waals surface area contributed by atoms with E-state index in [0.29, 0.717) is 0 Å². The Balaban J connectivity index is 2.07. The number of nitrogens with one attached hydrogen (secondary N) is 1. The van der Waals surface area contributed by atoms with E-state index < -0.39 is 0 Å². The van der Waals surface area contributed by atoms with Crippen LogP contribution in [-0.4, -0.2) is 33.4 Å². The van der Waals surface area contributed by atoms with Crippen LogP contribution in [0.15, 0.2) is 22.7 Å². The van der Waals surface area contributed by atoms with Crippen molar-refractivity contribution in [1.82, 2.24) is 5.32 Å². The van der Waals surface area contributed by atoms with Crippen molar-refractivity contribution in [3.63, 3.8) is 0 Å². The molecule has 0 bridgehead atoms. The molecule has 0 saturated carbocycles. The van der Waals surface area contributed by atoms with Crippen LogP contribution in [0.2, 0.25) is 0 Å². The molecule has 102 valence electrons. The lowest BCUT2D eigenvalue weighted by Crippen LogP contribution is -2.20. The van der Waals surface area contributed by atoms with E-state index in [0.717, 1.165) is 49.4 Å². The Morgan fingerprint density at radius 1 is 1.17 bits per heavy atom. The normalized spacial score (nSPS) is 10.6. The SMILES string of the molecule is COCCNCCCCOc1ccc(C)cc1Br. The highest BCUT2D eigenvalue weighted by molar-refractivity contribution is 9.10. The Morgan fingerprint density at radius 2 is 2.00 bits per heavy atom. The van der Waals surface area contributed by atoms with Gasteiger partial charge in [0.15, 0.2) is 0 Å². The fourth-order valence-electron chi connectivity index (χ4n) is 1.56. The fraction of sp³-hybridized carbons (Fsp3) is 0.571. The molecule has 0 aromatic heterocycles. The summed E-state index contributed by atoms with van der Waals surface area (Å²) in [6.45, 7) is 5.53. The summed E-state index contributed by atoms with van der Waals surface area (Å²) >= 11 is 3.51. The van der Waals surface area contributed by atoms with Gasteiger partial charge in [-0.1, -0.05) is 6.07 Å². The van der Waals surface area contributed by atoms with Gasteiger partial charge in [0.05, 0.1) is 17.7 Å². The summed E-state index contributed by atoms with van der Waals surface area (Å²) in [7, 11) is 1.72. The topological polar surface area (TPSA) is 30.5 Å². The minimum absolute atomic E-state index is 0.758. The van der Waals surface area contributed by atoms with E-state index in [2.05, 4.69) is 40.3 Å². The molecule has 0 spiro atoms. The molecular formula is C14H22BrNO2. The van der Waals surface area contributed by atoms with Crippen LogP contribution in [0, 0.1) is 6.92 Å². The lowest BCUT2D eigenvalue weighted by Gasteiger charge is -2.09. The summed E-state index contributed by atoms with van der Waals surface area (Å²) in [6.07, 6.45) is 2.17. The molecule has 0 aliphatic rings. The van der Waals surface area contributed by atoms with E-state index in [-0.39, 0.29) is 0 Å². The second-order valence-corrected chi connectivity index (χ2v) is 5.09. The average molecular weight is 316 g/mol. The van der Waals surface area contributed by atoms with Crippen LogP contribution in [0.25, 0.3) is 0 Å². The van der Waals surface area contributed by atoms with Crippen LogP contribution in [0.5, 0.6) is 5.75 Å². The summed E-state index contributed by atoms with van der Waals surface area (Å²) in [5.74, 6) is 0.924. The zero-order valence-electron chi connectivity index (χ0n) is 11.2. The molecule has 1 aromatic rings. The number of aryl methyl sites for hydroxylation is 1. The van der Waals surface area contributed by atoms with Gasteiger partial charge in [0.1, 0.15) is 5.75 Å². The minimum atomic E-state index is 0.758. The molecule has 1 rings (SSSR count). The number of hydrogen-bond donors (Lipinski definition) is 1. The third kappa shape index (κ3) is 6.38. The van der Waals surface area contributed by atoms with E-state index in [1.165, 1.54) is 5.56 Å². The first kappa shape index (κ1) is 15.5. The monoisotopic (exact) mass is 315 g/mol. The van der Waals surface area contributed by atoms with Gasteiger partial charge in [-0.2, -0.15) is 0 Å². The van der Waals surface area contributed by atoms with Crippen molar-refractivity contribution in [2.75, 3.05) is 33.4 Å². The standard InChI is InChI=1S/C14H22BrNO2/c1-12-5-6-14(13(15)11-12)18-9-4-3-7-16-8-10-17-2/h5-6,11,16H,3-4,7-10H2,1-2H3. The van der Waals surface area contributed by atoms with E-state index in [1.807, 2.05) is 6.07 Å². The van der Waals surface area contributed by atoms with Crippen LogP contribution in [0.3, 0.4) is 0 Å². The number of benzene rings is 1. The fourth-order valence-corrected chi connectivity index (χ4v) is 2.16. The van der Waals surface area contributed by atoms with Crippen molar-refractivity contribution >= 4 is 15.9 Å². The molecule has 0 amide bonds. The molecule has 0 aliphatic heterocycles. The molecular weight excluding hydrogens is 294 g/mol. The maximum absolute atomic E-state index is 5.72. The maximum atomic E-state index is 5.72. The van der Waals surface area contributed by atoms with Crippen molar-refractivity contribution < 1.29 is 9.47 Å². The zero-order chi connectivity index (χ0) is 13.2. The second-order valence-electron chi connectivity index (χ2n) is 4.23. The molecule has 1 aromatic carbocycles. The lowest BCUT2D eigenvalue weighted by molar-refractivity contribution is 0.199. The van der Waals surface area contributed by atoms with Gasteiger partial charge in [0.25, 0.3) is 0 Å². The van der Waals surface area contributed by atoms with Gasteiger partial charge in [-0.25, -0.2) is 0 Å². The van der Waals surface area contributed by atoms with Gasteiger partial charge in [0, 0.05) is 13.7 Å². The molecule has 1 N–H and O–H groups in total. The Morgan fingerprint density at radius 3 is 2.72 bits per heavy atom. The van der Waals surface area contributed by atoms with Crippen molar-refractivity contribution in [3.8, 4) is 5.75 Å². The minimum Gasteiger partial charge on any atom is -0.492 e. The second kappa shape index (κ2) is 9.36. The van der Waals surface area contributed by atoms with Gasteiger partial charge < -0.3 is 14.8 Å². The highest BCUT2D eigenvalue weighted by atomic mass is 79.9. The molecule has 0 radical (unpaired) electrons. The predicted molar refractivity (Wildman–Crippen MR) is 78.4 cm³/mol. The van der Waals surface area contributed by atoms with Crippen molar-refractivity contribution in [2.24, 2.45) is 0 Å². The number of unbranched alkanes of at least 4 members (excludes halogenated alkanes) is 1. The van der Waals surface area contributed by atoms with E-state index >= 15 is 0 Å². The third-order valence-corrected chi connectivity index (χ3v) is 3.20. The van der Waals surface area contributed by atoms with Crippen molar-refractivity contribution in [3.05, 3.63) is 28.2 Å². The molecule has 0 saturated heterocycles. The molecule has 0 atom stereocenters. The van der Waals surface area contributed by atoms with Crippen LogP contribution >= 0.6 is 15.9 Å². The first-order chi connectivity index (χ1) is 8.74. The summed E-state index contributed by atoms with van der Waals surface area (Å²) < 4.78 is 11.7. The van der Waals surface area contributed by atoms with E-state index in [9.17, 15) is 0 Å². The van der Waals surface area contributed by atoms with Crippen molar-refractivity contribution in [1.29, 1.82) is 0 Å². The van der Waals surface area contributed by atoms with Crippen LogP contribution < -0.4 is 10.1 Å². The first-order valence-electron chi connectivity index (χ1n) is 6.32. The Bertz CT molecular complexity index is 345. The number of rotatable bonds is 9. The lowest BCUT2D eigenvalue weighted by atomic mass is 10.2. The molecule has 3 nitrogen and oxygen atoms in total. The Labute approximate surface area is 118 Å². The van der Waals surface area contributed by atoms with E-state index in [1.54, 1.807) is 7.11 Å². The maximum Gasteiger partial charge on any atom is 0.133 e. The van der Waals surface area contributed by atoms with Crippen LogP contribution in [-0.2, 0) is 4.74 Å². The highest BCUT2D eigenvalue weighted by Gasteiger charge is 2.00. The summed E-state index contributed by atoms with van der Waals surface area (Å²) in [5, 5.41) is 3.31. The third-order valence-electron chi connectivity index (χ3n) is 2.58. The van der Waals surface area contributed by atoms with Gasteiger partial charge in [-0.05, 0) is 59.9 Å². The molecule has 18 heavy (non-hydrogen) atoms. The largest absolute Gasteiger partial charge is 0.492 e. The highest BCUT2D eigenvalue weighted by Crippen LogP contribution is 2.25. The van der Waals surface area contributed by atoms with Crippen LogP contribution in [0.4, 0.5) is 0 Å². The molecule has 0 fully saturated rings. The number of hydrogen-bond acceptors (Lipinski definition) is 3. The van der Waals surface area contributed by atoms with E-state index in [4.69, 9.17) is 9.47 Å². The number of methoxy groups -OCH3 is 1. The first-order valence-corrected chi connectivity index (χ1v) is 7.12. The van der Waals surface area contributed by atoms with Gasteiger partial charge in [0.2, 0.25) is 0 Å². The Hall–Kier alpha value is -0.580. The smallest absolute Gasteiger partial charge is 0.133 e. The summed E-state index contributed by atoms with van der Waals surface area (Å²) in [5.41, 5.74) is 1.23. The number of ether oxygens (including phenoxy) is 2. The average Bonchev–Trinajstić information content (AvgIpc) is 2.35. The van der Waals surface area contributed by atoms with Gasteiger partial charge in [-0.3, -0.25) is 0 Å². The Kier molecular flexibility index (Phi) is 8.05.